The van der Waals surface area contributed by atoms with Crippen molar-refractivity contribution in [3.05, 3.63) is 0 Å². The summed E-state index contributed by atoms with van der Waals surface area (Å²) < 4.78 is 0. The molecule has 0 spiro atoms. The average Bonchev–Trinajstić information content (AvgIpc) is 2.65. The van der Waals surface area contributed by atoms with Gasteiger partial charge in [-0.15, -0.1) is 12.4 Å². The number of aliphatic hydroxyl groups excluding tert-OH is 1. The van der Waals surface area contributed by atoms with Crippen molar-refractivity contribution in [1.82, 2.24) is 10.6 Å². The van der Waals surface area contributed by atoms with Gasteiger partial charge < -0.3 is 15.7 Å². The molecule has 4 unspecified atom stereocenters. The van der Waals surface area contributed by atoms with Crippen LogP contribution in [0.1, 0.15) is 39.0 Å². The van der Waals surface area contributed by atoms with Crippen LogP contribution >= 0.6 is 12.4 Å². The molecular formula is C12H23ClN2O2. The first kappa shape index (κ1) is 14.7. The first-order valence-electron chi connectivity index (χ1n) is 6.37. The van der Waals surface area contributed by atoms with Crippen molar-refractivity contribution in [2.24, 2.45) is 5.92 Å². The van der Waals surface area contributed by atoms with Crippen LogP contribution in [-0.4, -0.2) is 35.7 Å². The molecule has 5 heteroatoms. The molecule has 3 N–H and O–H groups in total. The lowest BCUT2D eigenvalue weighted by Gasteiger charge is -2.28. The van der Waals surface area contributed by atoms with E-state index in [1.165, 1.54) is 12.8 Å². The zero-order valence-electron chi connectivity index (χ0n) is 10.3. The number of aliphatic hydroxyl groups is 1. The van der Waals surface area contributed by atoms with Crippen LogP contribution in [0.25, 0.3) is 0 Å². The van der Waals surface area contributed by atoms with Crippen LogP contribution in [0.2, 0.25) is 0 Å². The highest BCUT2D eigenvalue weighted by Gasteiger charge is 2.30. The van der Waals surface area contributed by atoms with E-state index < -0.39 is 0 Å². The molecule has 0 aromatic carbocycles. The fourth-order valence-corrected chi connectivity index (χ4v) is 2.78. The van der Waals surface area contributed by atoms with Crippen LogP contribution in [0.5, 0.6) is 0 Å². The van der Waals surface area contributed by atoms with Gasteiger partial charge in [-0.25, -0.2) is 0 Å². The predicted molar refractivity (Wildman–Crippen MR) is 69.2 cm³/mol. The highest BCUT2D eigenvalue weighted by Crippen LogP contribution is 2.23. The van der Waals surface area contributed by atoms with Crippen molar-refractivity contribution in [1.29, 1.82) is 0 Å². The second-order valence-electron chi connectivity index (χ2n) is 5.33. The van der Waals surface area contributed by atoms with E-state index in [-0.39, 0.29) is 30.5 Å². The molecule has 0 radical (unpaired) electrons. The maximum Gasteiger partial charge on any atom is 0.237 e. The SMILES string of the molecule is CC1CCCC(NC(=O)C2CC(O)CN2)C1.Cl. The van der Waals surface area contributed by atoms with Gasteiger partial charge in [-0.3, -0.25) is 4.79 Å². The summed E-state index contributed by atoms with van der Waals surface area (Å²) in [5, 5.41) is 15.5. The molecular weight excluding hydrogens is 240 g/mol. The minimum Gasteiger partial charge on any atom is -0.392 e. The second-order valence-corrected chi connectivity index (χ2v) is 5.33. The number of hydrogen-bond donors (Lipinski definition) is 3. The van der Waals surface area contributed by atoms with Crippen LogP contribution < -0.4 is 10.6 Å². The van der Waals surface area contributed by atoms with E-state index in [9.17, 15) is 9.90 Å². The molecule has 100 valence electrons. The Hall–Kier alpha value is -0.320. The molecule has 1 saturated heterocycles. The Bertz CT molecular complexity index is 263. The zero-order chi connectivity index (χ0) is 11.5. The number of rotatable bonds is 2. The van der Waals surface area contributed by atoms with Crippen LogP contribution in [0.4, 0.5) is 0 Å². The summed E-state index contributed by atoms with van der Waals surface area (Å²) in [4.78, 5) is 11.9. The summed E-state index contributed by atoms with van der Waals surface area (Å²) in [6.07, 6.45) is 4.89. The summed E-state index contributed by atoms with van der Waals surface area (Å²) in [6.45, 7) is 2.79. The molecule has 0 aromatic rings. The van der Waals surface area contributed by atoms with Gasteiger partial charge in [0.2, 0.25) is 5.91 Å². The molecule has 1 amide bonds. The molecule has 2 rings (SSSR count). The van der Waals surface area contributed by atoms with Gasteiger partial charge in [0.25, 0.3) is 0 Å². The first-order valence-corrected chi connectivity index (χ1v) is 6.37. The van der Waals surface area contributed by atoms with E-state index in [1.807, 2.05) is 0 Å². The van der Waals surface area contributed by atoms with Gasteiger partial charge in [0.1, 0.15) is 0 Å². The summed E-state index contributed by atoms with van der Waals surface area (Å²) in [6, 6.07) is 0.156. The lowest BCUT2D eigenvalue weighted by Crippen LogP contribution is -2.46. The van der Waals surface area contributed by atoms with Crippen LogP contribution in [0.15, 0.2) is 0 Å². The normalized spacial score (nSPS) is 37.3. The van der Waals surface area contributed by atoms with E-state index in [0.29, 0.717) is 19.0 Å². The fourth-order valence-electron chi connectivity index (χ4n) is 2.78. The molecule has 1 aliphatic heterocycles. The third kappa shape index (κ3) is 4.12. The zero-order valence-corrected chi connectivity index (χ0v) is 11.1. The molecule has 17 heavy (non-hydrogen) atoms. The van der Waals surface area contributed by atoms with Crippen molar-refractivity contribution in [3.63, 3.8) is 0 Å². The molecule has 1 aliphatic carbocycles. The molecule has 2 aliphatic rings. The van der Waals surface area contributed by atoms with Crippen molar-refractivity contribution < 1.29 is 9.90 Å². The van der Waals surface area contributed by atoms with E-state index in [4.69, 9.17) is 0 Å². The van der Waals surface area contributed by atoms with Gasteiger partial charge in [0.15, 0.2) is 0 Å². The Morgan fingerprint density at radius 1 is 1.35 bits per heavy atom. The number of β-amino-alcohol motifs (C(OH)–C–C–N with tert-alkyl or cyclic N) is 1. The molecule has 1 heterocycles. The number of carbonyl (C=O) groups is 1. The molecule has 0 aromatic heterocycles. The molecule has 2 fully saturated rings. The van der Waals surface area contributed by atoms with Crippen LogP contribution in [0, 0.1) is 5.92 Å². The lowest BCUT2D eigenvalue weighted by molar-refractivity contribution is -0.123. The Kier molecular flexibility index (Phi) is 5.70. The van der Waals surface area contributed by atoms with Crippen molar-refractivity contribution in [2.75, 3.05) is 6.54 Å². The van der Waals surface area contributed by atoms with E-state index in [0.717, 1.165) is 18.8 Å². The third-order valence-electron chi connectivity index (χ3n) is 3.71. The molecule has 4 nitrogen and oxygen atoms in total. The smallest absolute Gasteiger partial charge is 0.237 e. The number of carbonyl (C=O) groups excluding carboxylic acids is 1. The summed E-state index contributed by atoms with van der Waals surface area (Å²) in [7, 11) is 0. The monoisotopic (exact) mass is 262 g/mol. The largest absolute Gasteiger partial charge is 0.392 e. The van der Waals surface area contributed by atoms with E-state index >= 15 is 0 Å². The minimum absolute atomic E-state index is 0. The average molecular weight is 263 g/mol. The third-order valence-corrected chi connectivity index (χ3v) is 3.71. The molecule has 0 bridgehead atoms. The standard InChI is InChI=1S/C12H22N2O2.ClH/c1-8-3-2-4-9(5-8)14-12(16)11-6-10(15)7-13-11;/h8-11,13,15H,2-7H2,1H3,(H,14,16);1H. The summed E-state index contributed by atoms with van der Waals surface area (Å²) in [5.74, 6) is 0.789. The summed E-state index contributed by atoms with van der Waals surface area (Å²) >= 11 is 0. The maximum atomic E-state index is 11.9. The van der Waals surface area contributed by atoms with Crippen molar-refractivity contribution in [2.45, 2.75) is 57.2 Å². The van der Waals surface area contributed by atoms with Gasteiger partial charge in [0.05, 0.1) is 12.1 Å². The Morgan fingerprint density at radius 2 is 2.12 bits per heavy atom. The number of amides is 1. The number of nitrogens with one attached hydrogen (secondary N) is 2. The van der Waals surface area contributed by atoms with Gasteiger partial charge in [-0.05, 0) is 25.2 Å². The minimum atomic E-state index is -0.360. The quantitative estimate of drug-likeness (QED) is 0.691. The van der Waals surface area contributed by atoms with Gasteiger partial charge >= 0.3 is 0 Å². The topological polar surface area (TPSA) is 61.4 Å². The Labute approximate surface area is 109 Å². The Balaban J connectivity index is 0.00000144. The van der Waals surface area contributed by atoms with E-state index in [1.54, 1.807) is 0 Å². The van der Waals surface area contributed by atoms with Crippen LogP contribution in [0.3, 0.4) is 0 Å². The molecule has 1 saturated carbocycles. The first-order chi connectivity index (χ1) is 7.65. The van der Waals surface area contributed by atoms with Gasteiger partial charge in [0, 0.05) is 12.6 Å². The van der Waals surface area contributed by atoms with Crippen molar-refractivity contribution >= 4 is 18.3 Å². The highest BCUT2D eigenvalue weighted by molar-refractivity contribution is 5.85. The Morgan fingerprint density at radius 3 is 2.71 bits per heavy atom. The van der Waals surface area contributed by atoms with E-state index in [2.05, 4.69) is 17.6 Å². The molecule has 4 atom stereocenters. The predicted octanol–water partition coefficient (Wildman–Crippen LogP) is 0.826. The highest BCUT2D eigenvalue weighted by atomic mass is 35.5. The van der Waals surface area contributed by atoms with Gasteiger partial charge in [-0.1, -0.05) is 19.8 Å². The van der Waals surface area contributed by atoms with Gasteiger partial charge in [-0.2, -0.15) is 0 Å². The number of hydrogen-bond acceptors (Lipinski definition) is 3. The van der Waals surface area contributed by atoms with Crippen LogP contribution in [-0.2, 0) is 4.79 Å². The summed E-state index contributed by atoms with van der Waals surface area (Å²) in [5.41, 5.74) is 0. The fraction of sp³-hybridized carbons (Fsp3) is 0.917. The second kappa shape index (κ2) is 6.57. The lowest BCUT2D eigenvalue weighted by atomic mass is 9.87. The number of halogens is 1. The van der Waals surface area contributed by atoms with Crippen molar-refractivity contribution in [3.8, 4) is 0 Å². The maximum absolute atomic E-state index is 11.9.